The highest BCUT2D eigenvalue weighted by Gasteiger charge is 2.29. The van der Waals surface area contributed by atoms with Gasteiger partial charge >= 0.3 is 0 Å². The van der Waals surface area contributed by atoms with Gasteiger partial charge in [-0.25, -0.2) is 8.42 Å². The summed E-state index contributed by atoms with van der Waals surface area (Å²) < 4.78 is 26.7. The lowest BCUT2D eigenvalue weighted by atomic mass is 10.2. The van der Waals surface area contributed by atoms with Crippen LogP contribution in [0.3, 0.4) is 0 Å². The van der Waals surface area contributed by atoms with Crippen molar-refractivity contribution in [3.8, 4) is 0 Å². The molecule has 0 amide bonds. The third-order valence-electron chi connectivity index (χ3n) is 3.95. The van der Waals surface area contributed by atoms with E-state index in [4.69, 9.17) is 11.6 Å². The minimum absolute atomic E-state index is 0.0824. The third kappa shape index (κ3) is 3.87. The van der Waals surface area contributed by atoms with Gasteiger partial charge in [0.2, 0.25) is 10.0 Å². The molecule has 8 heteroatoms. The zero-order chi connectivity index (χ0) is 17.2. The fourth-order valence-corrected chi connectivity index (χ4v) is 4.81. The molecule has 2 aromatic rings. The average Bonchev–Trinajstić information content (AvgIpc) is 3.10. The number of carbonyl (C=O) groups is 1. The standard InChI is InChI=1S/C16H17ClN2O3S2/c17-13-3-5-14(6-4-13)24(21,22)19-9-7-18(8-10-19)12-15(20)16-2-1-11-23-16/h1-6,11H,7-10,12H2. The Morgan fingerprint density at radius 1 is 1.08 bits per heavy atom. The van der Waals surface area contributed by atoms with Crippen LogP contribution in [0.4, 0.5) is 0 Å². The fraction of sp³-hybridized carbons (Fsp3) is 0.312. The summed E-state index contributed by atoms with van der Waals surface area (Å²) in [5.41, 5.74) is 0. The molecular weight excluding hydrogens is 368 g/mol. The van der Waals surface area contributed by atoms with Gasteiger partial charge in [-0.2, -0.15) is 4.31 Å². The predicted molar refractivity (Wildman–Crippen MR) is 95.3 cm³/mol. The summed E-state index contributed by atoms with van der Waals surface area (Å²) in [6.45, 7) is 2.18. The van der Waals surface area contributed by atoms with Crippen LogP contribution in [0.5, 0.6) is 0 Å². The van der Waals surface area contributed by atoms with Gasteiger partial charge in [-0.3, -0.25) is 9.69 Å². The second-order valence-electron chi connectivity index (χ2n) is 5.53. The highest BCUT2D eigenvalue weighted by Crippen LogP contribution is 2.20. The Balaban J connectivity index is 1.60. The van der Waals surface area contributed by atoms with E-state index in [1.807, 2.05) is 22.4 Å². The van der Waals surface area contributed by atoms with Gasteiger partial charge in [0, 0.05) is 31.2 Å². The maximum Gasteiger partial charge on any atom is 0.243 e. The van der Waals surface area contributed by atoms with E-state index in [2.05, 4.69) is 0 Å². The van der Waals surface area contributed by atoms with Gasteiger partial charge in [-0.15, -0.1) is 11.3 Å². The van der Waals surface area contributed by atoms with E-state index in [0.717, 1.165) is 4.88 Å². The number of sulfonamides is 1. The van der Waals surface area contributed by atoms with Crippen LogP contribution in [0.15, 0.2) is 46.7 Å². The van der Waals surface area contributed by atoms with Gasteiger partial charge in [0.05, 0.1) is 16.3 Å². The lowest BCUT2D eigenvalue weighted by molar-refractivity contribution is 0.0905. The van der Waals surface area contributed by atoms with Crippen molar-refractivity contribution in [3.63, 3.8) is 0 Å². The molecule has 1 fully saturated rings. The summed E-state index contributed by atoms with van der Waals surface area (Å²) in [7, 11) is -3.51. The SMILES string of the molecule is O=C(CN1CCN(S(=O)(=O)c2ccc(Cl)cc2)CC1)c1cccs1. The van der Waals surface area contributed by atoms with Crippen LogP contribution in [0.25, 0.3) is 0 Å². The Hall–Kier alpha value is -1.25. The Bertz CT molecular complexity index is 796. The smallest absolute Gasteiger partial charge is 0.243 e. The van der Waals surface area contributed by atoms with E-state index in [9.17, 15) is 13.2 Å². The van der Waals surface area contributed by atoms with Crippen LogP contribution < -0.4 is 0 Å². The topological polar surface area (TPSA) is 57.7 Å². The summed E-state index contributed by atoms with van der Waals surface area (Å²) >= 11 is 7.24. The minimum Gasteiger partial charge on any atom is -0.293 e. The highest BCUT2D eigenvalue weighted by atomic mass is 35.5. The molecule has 24 heavy (non-hydrogen) atoms. The molecule has 0 bridgehead atoms. The number of hydrogen-bond acceptors (Lipinski definition) is 5. The first kappa shape index (κ1) is 17.6. The van der Waals surface area contributed by atoms with Crippen LogP contribution in [0, 0.1) is 0 Å². The Morgan fingerprint density at radius 2 is 1.75 bits per heavy atom. The van der Waals surface area contributed by atoms with E-state index in [1.165, 1.54) is 27.8 Å². The van der Waals surface area contributed by atoms with E-state index >= 15 is 0 Å². The lowest BCUT2D eigenvalue weighted by Gasteiger charge is -2.33. The number of carbonyl (C=O) groups excluding carboxylic acids is 1. The van der Waals surface area contributed by atoms with Gasteiger partial charge in [-0.1, -0.05) is 17.7 Å². The molecule has 2 heterocycles. The maximum absolute atomic E-state index is 12.6. The van der Waals surface area contributed by atoms with Crippen molar-refractivity contribution in [1.29, 1.82) is 0 Å². The number of benzene rings is 1. The van der Waals surface area contributed by atoms with Gasteiger partial charge in [0.25, 0.3) is 0 Å². The summed E-state index contributed by atoms with van der Waals surface area (Å²) in [5, 5.41) is 2.38. The van der Waals surface area contributed by atoms with E-state index in [1.54, 1.807) is 12.1 Å². The first-order valence-corrected chi connectivity index (χ1v) is 10.2. The van der Waals surface area contributed by atoms with Crippen molar-refractivity contribution in [2.45, 2.75) is 4.90 Å². The molecule has 0 saturated carbocycles. The summed E-state index contributed by atoms with van der Waals surface area (Å²) in [6, 6.07) is 9.85. The molecule has 0 atom stereocenters. The number of hydrogen-bond donors (Lipinski definition) is 0. The van der Waals surface area contributed by atoms with E-state index in [-0.39, 0.29) is 10.7 Å². The van der Waals surface area contributed by atoms with E-state index in [0.29, 0.717) is 37.7 Å². The molecule has 128 valence electrons. The lowest BCUT2D eigenvalue weighted by Crippen LogP contribution is -2.49. The predicted octanol–water partition coefficient (Wildman–Crippen LogP) is 2.59. The van der Waals surface area contributed by atoms with Crippen molar-refractivity contribution in [3.05, 3.63) is 51.7 Å². The number of piperazine rings is 1. The first-order valence-electron chi connectivity index (χ1n) is 7.51. The number of halogens is 1. The van der Waals surface area contributed by atoms with Crippen LogP contribution >= 0.6 is 22.9 Å². The summed E-state index contributed by atoms with van der Waals surface area (Å²) in [4.78, 5) is 15.1. The quantitative estimate of drug-likeness (QED) is 0.743. The number of rotatable bonds is 5. The number of ketones is 1. The maximum atomic E-state index is 12.6. The number of thiophene rings is 1. The van der Waals surface area contributed by atoms with Crippen LogP contribution in [-0.4, -0.2) is 56.1 Å². The van der Waals surface area contributed by atoms with Crippen LogP contribution in [0.1, 0.15) is 9.67 Å². The molecule has 0 spiro atoms. The molecule has 5 nitrogen and oxygen atoms in total. The van der Waals surface area contributed by atoms with Gasteiger partial charge in [0.1, 0.15) is 0 Å². The molecule has 0 N–H and O–H groups in total. The Labute approximate surface area is 150 Å². The monoisotopic (exact) mass is 384 g/mol. The van der Waals surface area contributed by atoms with Crippen molar-refractivity contribution < 1.29 is 13.2 Å². The molecule has 1 aromatic heterocycles. The average molecular weight is 385 g/mol. The van der Waals surface area contributed by atoms with Crippen molar-refractivity contribution in [2.24, 2.45) is 0 Å². The normalized spacial score (nSPS) is 17.0. The van der Waals surface area contributed by atoms with Gasteiger partial charge < -0.3 is 0 Å². The molecule has 0 radical (unpaired) electrons. The molecule has 3 rings (SSSR count). The molecule has 1 aromatic carbocycles. The van der Waals surface area contributed by atoms with Crippen LogP contribution in [-0.2, 0) is 10.0 Å². The molecule has 1 aliphatic heterocycles. The fourth-order valence-electron chi connectivity index (χ4n) is 2.60. The molecular formula is C16H17ClN2O3S2. The largest absolute Gasteiger partial charge is 0.293 e. The number of Topliss-reactive ketones (excluding diaryl/α,β-unsaturated/α-hetero) is 1. The van der Waals surface area contributed by atoms with Crippen molar-refractivity contribution in [1.82, 2.24) is 9.21 Å². The second-order valence-corrected chi connectivity index (χ2v) is 8.86. The van der Waals surface area contributed by atoms with Crippen molar-refractivity contribution >= 4 is 38.7 Å². The first-order chi connectivity index (χ1) is 11.5. The van der Waals surface area contributed by atoms with Crippen molar-refractivity contribution in [2.75, 3.05) is 32.7 Å². The Kier molecular flexibility index (Phi) is 5.36. The minimum atomic E-state index is -3.51. The second kappa shape index (κ2) is 7.33. The molecule has 0 unspecified atom stereocenters. The molecule has 0 aliphatic carbocycles. The Morgan fingerprint density at radius 3 is 2.33 bits per heavy atom. The molecule has 1 aliphatic rings. The van der Waals surface area contributed by atoms with Gasteiger partial charge in [-0.05, 0) is 35.7 Å². The third-order valence-corrected chi connectivity index (χ3v) is 7.02. The molecule has 1 saturated heterocycles. The summed E-state index contributed by atoms with van der Waals surface area (Å²) in [6.07, 6.45) is 0. The van der Waals surface area contributed by atoms with Gasteiger partial charge in [0.15, 0.2) is 5.78 Å². The number of nitrogens with zero attached hydrogens (tertiary/aromatic N) is 2. The summed E-state index contributed by atoms with van der Waals surface area (Å²) in [5.74, 6) is 0.0824. The zero-order valence-electron chi connectivity index (χ0n) is 12.9. The zero-order valence-corrected chi connectivity index (χ0v) is 15.3. The van der Waals surface area contributed by atoms with E-state index < -0.39 is 10.0 Å². The highest BCUT2D eigenvalue weighted by molar-refractivity contribution is 7.89. The van der Waals surface area contributed by atoms with Crippen LogP contribution in [0.2, 0.25) is 5.02 Å².